The summed E-state index contributed by atoms with van der Waals surface area (Å²) < 4.78 is 25.3. The van der Waals surface area contributed by atoms with Gasteiger partial charge in [0.15, 0.2) is 11.5 Å². The van der Waals surface area contributed by atoms with Gasteiger partial charge in [-0.05, 0) is 71.9 Å². The first-order valence-corrected chi connectivity index (χ1v) is 19.2. The molecule has 0 atom stereocenters. The van der Waals surface area contributed by atoms with Gasteiger partial charge in [-0.3, -0.25) is 4.79 Å². The summed E-state index contributed by atoms with van der Waals surface area (Å²) in [5.41, 5.74) is 4.72. The van der Waals surface area contributed by atoms with Crippen LogP contribution in [-0.2, 0) is 16.5 Å². The molecule has 14 nitrogen and oxygen atoms in total. The Morgan fingerprint density at radius 2 is 1.27 bits per heavy atom. The molecule has 7 aromatic rings. The molecule has 0 unspecified atom stereocenters. The standard InChI is InChI=1S/C22H20ClN5O3.C16H14BrClN4O2/c1-28-11-14(2-5-18(28)29)15-3-4-17-19(20(15)31-22-16(23)10-24-12-25-22)27-21(26-17)13-6-8-30-9-7-13;17-10-1-2-12-13(14(10)24-16-11(18)7-19-8-20-16)22-15(21-12)9-3-5-23-6-4-9/h2-5,10-13H,6-9H2,1H3,(H,26,27);1-2,7-9H,3-6H2,(H,21,22). The Bertz CT molecular complexity index is 2530. The first kappa shape index (κ1) is 37.0. The van der Waals surface area contributed by atoms with Gasteiger partial charge in [0.25, 0.3) is 0 Å². The van der Waals surface area contributed by atoms with Gasteiger partial charge in [-0.1, -0.05) is 23.2 Å². The van der Waals surface area contributed by atoms with Crippen LogP contribution in [0.5, 0.6) is 23.3 Å². The third-order valence-corrected chi connectivity index (χ3v) is 10.6. The van der Waals surface area contributed by atoms with E-state index in [1.165, 1.54) is 35.7 Å². The molecule has 2 saturated heterocycles. The van der Waals surface area contributed by atoms with Crippen LogP contribution in [0, 0.1) is 0 Å². The summed E-state index contributed by atoms with van der Waals surface area (Å²) >= 11 is 15.9. The van der Waals surface area contributed by atoms with Crippen molar-refractivity contribution in [2.45, 2.75) is 37.5 Å². The van der Waals surface area contributed by atoms with E-state index in [1.807, 2.05) is 24.3 Å². The minimum atomic E-state index is -0.0901. The maximum Gasteiger partial charge on any atom is 0.250 e. The maximum absolute atomic E-state index is 11.9. The molecule has 0 spiro atoms. The first-order chi connectivity index (χ1) is 26.8. The van der Waals surface area contributed by atoms with Crippen LogP contribution in [0.1, 0.15) is 49.2 Å². The molecule has 0 amide bonds. The van der Waals surface area contributed by atoms with Crippen molar-refractivity contribution in [3.8, 4) is 34.4 Å². The Kier molecular flexibility index (Phi) is 11.1. The first-order valence-electron chi connectivity index (χ1n) is 17.6. The van der Waals surface area contributed by atoms with Gasteiger partial charge in [-0.2, -0.15) is 0 Å². The quantitative estimate of drug-likeness (QED) is 0.158. The summed E-state index contributed by atoms with van der Waals surface area (Å²) in [5.74, 6) is 4.20. The molecule has 17 heteroatoms. The molecule has 9 rings (SSSR count). The van der Waals surface area contributed by atoms with Gasteiger partial charge in [0.2, 0.25) is 17.3 Å². The molecule has 0 aliphatic carbocycles. The molecule has 0 radical (unpaired) electrons. The lowest BCUT2D eigenvalue weighted by Crippen LogP contribution is -2.15. The highest BCUT2D eigenvalue weighted by atomic mass is 79.9. The van der Waals surface area contributed by atoms with E-state index in [2.05, 4.69) is 45.8 Å². The van der Waals surface area contributed by atoms with Gasteiger partial charge in [-0.15, -0.1) is 0 Å². The van der Waals surface area contributed by atoms with E-state index in [1.54, 1.807) is 19.3 Å². The lowest BCUT2D eigenvalue weighted by atomic mass is 10.00. The third-order valence-electron chi connectivity index (χ3n) is 9.48. The lowest BCUT2D eigenvalue weighted by Gasteiger charge is -2.19. The minimum Gasteiger partial charge on any atom is -0.434 e. The number of fused-ring (bicyclic) bond motifs is 2. The third kappa shape index (κ3) is 8.07. The molecule has 0 saturated carbocycles. The number of rotatable bonds is 7. The van der Waals surface area contributed by atoms with Gasteiger partial charge in [0, 0.05) is 68.7 Å². The van der Waals surface area contributed by atoms with Crippen LogP contribution in [0.15, 0.2) is 76.9 Å². The summed E-state index contributed by atoms with van der Waals surface area (Å²) in [5, 5.41) is 0.646. The predicted octanol–water partition coefficient (Wildman–Crippen LogP) is 8.51. The highest BCUT2D eigenvalue weighted by molar-refractivity contribution is 9.10. The van der Waals surface area contributed by atoms with E-state index < -0.39 is 0 Å². The van der Waals surface area contributed by atoms with Gasteiger partial charge in [0.05, 0.1) is 27.9 Å². The zero-order valence-electron chi connectivity index (χ0n) is 29.5. The Labute approximate surface area is 332 Å². The second kappa shape index (κ2) is 16.4. The van der Waals surface area contributed by atoms with Gasteiger partial charge in [-0.25, -0.2) is 29.9 Å². The highest BCUT2D eigenvalue weighted by Crippen LogP contribution is 2.41. The van der Waals surface area contributed by atoms with Crippen LogP contribution in [0.25, 0.3) is 33.2 Å². The number of hydrogen-bond acceptors (Lipinski definition) is 11. The van der Waals surface area contributed by atoms with Crippen molar-refractivity contribution in [3.05, 3.63) is 104 Å². The van der Waals surface area contributed by atoms with Crippen molar-refractivity contribution in [1.29, 1.82) is 0 Å². The molecule has 5 aromatic heterocycles. The topological polar surface area (TPSA) is 168 Å². The second-order valence-electron chi connectivity index (χ2n) is 13.1. The number of benzene rings is 2. The molecule has 2 N–H and O–H groups in total. The number of halogens is 3. The molecule has 2 fully saturated rings. The number of imidazole rings is 2. The molecule has 7 heterocycles. The average Bonchev–Trinajstić information content (AvgIpc) is 3.86. The molecule has 282 valence electrons. The molecule has 0 bridgehead atoms. The van der Waals surface area contributed by atoms with Crippen LogP contribution in [-0.4, -0.2) is 70.9 Å². The number of pyridine rings is 1. The van der Waals surface area contributed by atoms with Gasteiger partial charge < -0.3 is 33.5 Å². The average molecular weight is 848 g/mol. The molecule has 2 aliphatic rings. The monoisotopic (exact) mass is 845 g/mol. The number of nitrogens with one attached hydrogen (secondary N) is 2. The van der Waals surface area contributed by atoms with Crippen molar-refractivity contribution in [2.75, 3.05) is 26.4 Å². The van der Waals surface area contributed by atoms with Gasteiger partial charge in [0.1, 0.15) is 45.4 Å². The van der Waals surface area contributed by atoms with Crippen LogP contribution in [0.4, 0.5) is 0 Å². The van der Waals surface area contributed by atoms with Crippen molar-refractivity contribution < 1.29 is 18.9 Å². The summed E-state index contributed by atoms with van der Waals surface area (Å²) in [6, 6.07) is 11.1. The lowest BCUT2D eigenvalue weighted by molar-refractivity contribution is 0.0837. The largest absolute Gasteiger partial charge is 0.434 e. The number of ether oxygens (including phenoxy) is 4. The highest BCUT2D eigenvalue weighted by Gasteiger charge is 2.24. The van der Waals surface area contributed by atoms with Crippen molar-refractivity contribution in [2.24, 2.45) is 7.05 Å². The summed E-state index contributed by atoms with van der Waals surface area (Å²) in [4.78, 5) is 44.4. The Morgan fingerprint density at radius 1 is 0.745 bits per heavy atom. The van der Waals surface area contributed by atoms with E-state index in [-0.39, 0.29) is 11.4 Å². The number of aromatic amines is 2. The fourth-order valence-electron chi connectivity index (χ4n) is 6.57. The van der Waals surface area contributed by atoms with E-state index >= 15 is 0 Å². The predicted molar refractivity (Wildman–Crippen MR) is 210 cm³/mol. The summed E-state index contributed by atoms with van der Waals surface area (Å²) in [6.45, 7) is 2.99. The minimum absolute atomic E-state index is 0.0901. The molecule has 2 aromatic carbocycles. The Hall–Kier alpha value is -4.93. The molecule has 55 heavy (non-hydrogen) atoms. The number of aromatic nitrogens is 9. The molecular formula is C38H34BrCl2N9O5. The smallest absolute Gasteiger partial charge is 0.250 e. The van der Waals surface area contributed by atoms with Crippen molar-refractivity contribution in [1.82, 2.24) is 44.4 Å². The van der Waals surface area contributed by atoms with E-state index in [9.17, 15) is 4.79 Å². The van der Waals surface area contributed by atoms with Crippen LogP contribution >= 0.6 is 39.1 Å². The summed E-state index contributed by atoms with van der Waals surface area (Å²) in [6.07, 6.45) is 11.3. The fourth-order valence-corrected chi connectivity index (χ4v) is 7.26. The normalized spacial score (nSPS) is 15.2. The summed E-state index contributed by atoms with van der Waals surface area (Å²) in [7, 11) is 1.71. The van der Waals surface area contributed by atoms with Gasteiger partial charge >= 0.3 is 0 Å². The Morgan fingerprint density at radius 3 is 1.82 bits per heavy atom. The molecule has 2 aliphatic heterocycles. The van der Waals surface area contributed by atoms with Crippen LogP contribution in [0.3, 0.4) is 0 Å². The zero-order chi connectivity index (χ0) is 37.9. The zero-order valence-corrected chi connectivity index (χ0v) is 32.6. The van der Waals surface area contributed by atoms with E-state index in [4.69, 9.17) is 52.1 Å². The van der Waals surface area contributed by atoms with Crippen LogP contribution in [0.2, 0.25) is 10.0 Å². The number of nitrogens with zero attached hydrogens (tertiary/aromatic N) is 7. The van der Waals surface area contributed by atoms with E-state index in [0.29, 0.717) is 44.8 Å². The number of hydrogen-bond donors (Lipinski definition) is 2. The fraction of sp³-hybridized carbons (Fsp3) is 0.289. The van der Waals surface area contributed by atoms with Crippen molar-refractivity contribution >= 4 is 61.2 Å². The SMILES string of the molecule is Clc1cncnc1Oc1c(Br)ccc2[nH]c(C3CCOCC3)nc12.Cn1cc(-c2ccc3[nH]c(C4CCOCC4)nc3c2Oc2ncncc2Cl)ccc1=O. The van der Waals surface area contributed by atoms with E-state index in [0.717, 1.165) is 95.9 Å². The number of H-pyrrole nitrogens is 2. The number of aryl methyl sites for hydroxylation is 1. The van der Waals surface area contributed by atoms with Crippen LogP contribution < -0.4 is 15.0 Å². The Balaban J connectivity index is 0.000000160. The maximum atomic E-state index is 11.9. The van der Waals surface area contributed by atoms with Crippen molar-refractivity contribution in [3.63, 3.8) is 0 Å². The molecular weight excluding hydrogens is 813 g/mol. The second-order valence-corrected chi connectivity index (χ2v) is 14.7.